The number of hydrogen-bond donors (Lipinski definition) is 0. The Morgan fingerprint density at radius 2 is 1.56 bits per heavy atom. The molecule has 0 spiro atoms. The Hall–Kier alpha value is -2.17. The molecule has 27 heavy (non-hydrogen) atoms. The molecule has 0 saturated carbocycles. The number of likely N-dealkylation sites (N-methyl/N-ethyl adjacent to an activating group) is 1. The topological polar surface area (TPSA) is 15.7 Å². The summed E-state index contributed by atoms with van der Waals surface area (Å²) in [5.74, 6) is 0.640. The zero-order valence-corrected chi connectivity index (χ0v) is 16.1. The van der Waals surface area contributed by atoms with E-state index in [1.165, 1.54) is 19.2 Å². The van der Waals surface area contributed by atoms with Crippen LogP contribution in [0.2, 0.25) is 0 Å². The Balaban J connectivity index is 1.46. The maximum atomic E-state index is 13.8. The van der Waals surface area contributed by atoms with Crippen molar-refractivity contribution in [2.75, 3.05) is 46.4 Å². The van der Waals surface area contributed by atoms with Crippen molar-refractivity contribution in [3.8, 4) is 5.75 Å². The van der Waals surface area contributed by atoms with Crippen molar-refractivity contribution in [1.82, 2.24) is 9.80 Å². The second-order valence-corrected chi connectivity index (χ2v) is 7.09. The van der Waals surface area contributed by atoms with E-state index in [0.29, 0.717) is 12.2 Å². The number of para-hydroxylation sites is 1. The first-order chi connectivity index (χ1) is 13.2. The highest BCUT2D eigenvalue weighted by Gasteiger charge is 2.12. The standard InChI is InChI=1S/C23H29FN2O/c1-25-15-17-26(18-16-25)14-6-7-19-27-23-11-5-3-9-21(23)13-12-20-8-2-4-10-22(20)24/h2-5,8-13H,6-7,14-19H2,1H3. The molecule has 2 aromatic rings. The third kappa shape index (κ3) is 6.19. The molecule has 144 valence electrons. The molecule has 1 aliphatic rings. The van der Waals surface area contributed by atoms with Crippen LogP contribution in [0.5, 0.6) is 5.75 Å². The van der Waals surface area contributed by atoms with Crippen molar-refractivity contribution in [2.45, 2.75) is 12.8 Å². The van der Waals surface area contributed by atoms with Gasteiger partial charge in [-0.3, -0.25) is 0 Å². The average molecular weight is 368 g/mol. The fourth-order valence-corrected chi connectivity index (χ4v) is 3.23. The van der Waals surface area contributed by atoms with Gasteiger partial charge in [0.25, 0.3) is 0 Å². The van der Waals surface area contributed by atoms with Gasteiger partial charge in [-0.05, 0) is 38.6 Å². The van der Waals surface area contributed by atoms with Gasteiger partial charge in [0, 0.05) is 37.3 Å². The van der Waals surface area contributed by atoms with Crippen LogP contribution in [0.25, 0.3) is 12.2 Å². The summed E-state index contributed by atoms with van der Waals surface area (Å²) >= 11 is 0. The second-order valence-electron chi connectivity index (χ2n) is 7.09. The third-order valence-electron chi connectivity index (χ3n) is 4.99. The Labute approximate surface area is 162 Å². The molecule has 4 heteroatoms. The van der Waals surface area contributed by atoms with Crippen LogP contribution in [-0.4, -0.2) is 56.2 Å². The SMILES string of the molecule is CN1CCN(CCCCOc2ccccc2C=Cc2ccccc2F)CC1. The predicted molar refractivity (Wildman–Crippen MR) is 110 cm³/mol. The van der Waals surface area contributed by atoms with Gasteiger partial charge in [-0.15, -0.1) is 0 Å². The molecule has 0 amide bonds. The molecule has 3 nitrogen and oxygen atoms in total. The summed E-state index contributed by atoms with van der Waals surface area (Å²) in [5, 5.41) is 0. The van der Waals surface area contributed by atoms with Crippen LogP contribution in [0.3, 0.4) is 0 Å². The maximum absolute atomic E-state index is 13.8. The number of ether oxygens (including phenoxy) is 1. The minimum atomic E-state index is -0.212. The molecular weight excluding hydrogens is 339 g/mol. The smallest absolute Gasteiger partial charge is 0.130 e. The summed E-state index contributed by atoms with van der Waals surface area (Å²) in [5.41, 5.74) is 1.55. The monoisotopic (exact) mass is 368 g/mol. The summed E-state index contributed by atoms with van der Waals surface area (Å²) < 4.78 is 19.8. The van der Waals surface area contributed by atoms with Crippen molar-refractivity contribution >= 4 is 12.2 Å². The van der Waals surface area contributed by atoms with Gasteiger partial charge in [0.05, 0.1) is 6.61 Å². The molecule has 0 N–H and O–H groups in total. The van der Waals surface area contributed by atoms with Crippen molar-refractivity contribution in [1.29, 1.82) is 0 Å². The molecule has 0 bridgehead atoms. The molecule has 0 radical (unpaired) electrons. The number of hydrogen-bond acceptors (Lipinski definition) is 3. The molecule has 0 atom stereocenters. The van der Waals surface area contributed by atoms with Crippen molar-refractivity contribution < 1.29 is 9.13 Å². The zero-order chi connectivity index (χ0) is 18.9. The van der Waals surface area contributed by atoms with E-state index in [1.807, 2.05) is 36.4 Å². The van der Waals surface area contributed by atoms with Crippen LogP contribution in [0.1, 0.15) is 24.0 Å². The number of piperazine rings is 1. The Kier molecular flexibility index (Phi) is 7.43. The predicted octanol–water partition coefficient (Wildman–Crippen LogP) is 4.40. The van der Waals surface area contributed by atoms with Gasteiger partial charge in [0.15, 0.2) is 0 Å². The molecule has 1 saturated heterocycles. The van der Waals surface area contributed by atoms with E-state index in [1.54, 1.807) is 18.2 Å². The minimum absolute atomic E-state index is 0.212. The van der Waals surface area contributed by atoms with E-state index < -0.39 is 0 Å². The lowest BCUT2D eigenvalue weighted by molar-refractivity contribution is 0.150. The molecule has 2 aromatic carbocycles. The maximum Gasteiger partial charge on any atom is 0.130 e. The van der Waals surface area contributed by atoms with E-state index in [4.69, 9.17) is 4.74 Å². The fourth-order valence-electron chi connectivity index (χ4n) is 3.23. The lowest BCUT2D eigenvalue weighted by Crippen LogP contribution is -2.44. The summed E-state index contributed by atoms with van der Waals surface area (Å²) in [6, 6.07) is 14.7. The van der Waals surface area contributed by atoms with Crippen molar-refractivity contribution in [3.05, 3.63) is 65.5 Å². The molecule has 1 aliphatic heterocycles. The summed E-state index contributed by atoms with van der Waals surface area (Å²) in [6.07, 6.45) is 5.90. The van der Waals surface area contributed by atoms with Crippen molar-refractivity contribution in [3.63, 3.8) is 0 Å². The largest absolute Gasteiger partial charge is 0.493 e. The van der Waals surface area contributed by atoms with Gasteiger partial charge < -0.3 is 14.5 Å². The van der Waals surface area contributed by atoms with Crippen LogP contribution < -0.4 is 4.74 Å². The number of halogens is 1. The third-order valence-corrected chi connectivity index (χ3v) is 4.99. The van der Waals surface area contributed by atoms with E-state index in [0.717, 1.165) is 43.8 Å². The average Bonchev–Trinajstić information content (AvgIpc) is 2.69. The van der Waals surface area contributed by atoms with Crippen LogP contribution >= 0.6 is 0 Å². The lowest BCUT2D eigenvalue weighted by Gasteiger charge is -2.32. The van der Waals surface area contributed by atoms with Crippen LogP contribution in [0, 0.1) is 5.82 Å². The summed E-state index contributed by atoms with van der Waals surface area (Å²) in [6.45, 7) is 6.52. The number of benzene rings is 2. The quantitative estimate of drug-likeness (QED) is 0.507. The van der Waals surface area contributed by atoms with Crippen LogP contribution in [0.4, 0.5) is 4.39 Å². The second kappa shape index (κ2) is 10.2. The van der Waals surface area contributed by atoms with Gasteiger partial charge in [0.1, 0.15) is 11.6 Å². The van der Waals surface area contributed by atoms with Gasteiger partial charge in [-0.2, -0.15) is 0 Å². The summed E-state index contributed by atoms with van der Waals surface area (Å²) in [7, 11) is 2.18. The van der Waals surface area contributed by atoms with Gasteiger partial charge >= 0.3 is 0 Å². The van der Waals surface area contributed by atoms with E-state index in [2.05, 4.69) is 16.8 Å². The van der Waals surface area contributed by atoms with Crippen LogP contribution in [0.15, 0.2) is 48.5 Å². The number of unbranched alkanes of at least 4 members (excludes halogenated alkanes) is 1. The number of nitrogens with zero attached hydrogens (tertiary/aromatic N) is 2. The van der Waals surface area contributed by atoms with E-state index in [-0.39, 0.29) is 5.82 Å². The van der Waals surface area contributed by atoms with E-state index >= 15 is 0 Å². The molecule has 1 fully saturated rings. The van der Waals surface area contributed by atoms with E-state index in [9.17, 15) is 4.39 Å². The molecule has 0 aliphatic carbocycles. The van der Waals surface area contributed by atoms with Gasteiger partial charge in [-0.25, -0.2) is 4.39 Å². The molecule has 3 rings (SSSR count). The highest BCUT2D eigenvalue weighted by atomic mass is 19.1. The first kappa shape index (κ1) is 19.6. The normalized spacial score (nSPS) is 16.1. The Bertz CT molecular complexity index is 739. The zero-order valence-electron chi connectivity index (χ0n) is 16.1. The van der Waals surface area contributed by atoms with Gasteiger partial charge in [0.2, 0.25) is 0 Å². The molecular formula is C23H29FN2O. The van der Waals surface area contributed by atoms with Gasteiger partial charge in [-0.1, -0.05) is 48.6 Å². The Morgan fingerprint density at radius 1 is 0.889 bits per heavy atom. The first-order valence-corrected chi connectivity index (χ1v) is 9.78. The molecule has 0 unspecified atom stereocenters. The Morgan fingerprint density at radius 3 is 2.33 bits per heavy atom. The molecule has 0 aromatic heterocycles. The molecule has 1 heterocycles. The highest BCUT2D eigenvalue weighted by Crippen LogP contribution is 2.21. The van der Waals surface area contributed by atoms with Crippen molar-refractivity contribution in [2.24, 2.45) is 0 Å². The first-order valence-electron chi connectivity index (χ1n) is 9.78. The lowest BCUT2D eigenvalue weighted by atomic mass is 10.1. The summed E-state index contributed by atoms with van der Waals surface area (Å²) in [4.78, 5) is 4.91. The van der Waals surface area contributed by atoms with Crippen LogP contribution in [-0.2, 0) is 0 Å². The fraction of sp³-hybridized carbons (Fsp3) is 0.391. The number of rotatable bonds is 8. The highest BCUT2D eigenvalue weighted by molar-refractivity contribution is 5.72. The minimum Gasteiger partial charge on any atom is -0.493 e.